The highest BCUT2D eigenvalue weighted by Gasteiger charge is 2.34. The van der Waals surface area contributed by atoms with Crippen molar-refractivity contribution in [2.45, 2.75) is 12.1 Å². The quantitative estimate of drug-likeness (QED) is 0.578. The maximum Gasteiger partial charge on any atom is 0.417 e. The minimum atomic E-state index is -4.46. The van der Waals surface area contributed by atoms with Crippen molar-refractivity contribution in [3.8, 4) is 22.5 Å². The summed E-state index contributed by atoms with van der Waals surface area (Å²) >= 11 is 5.77. The normalized spacial score (nSPS) is 11.5. The highest BCUT2D eigenvalue weighted by atomic mass is 35.5. The van der Waals surface area contributed by atoms with E-state index in [-0.39, 0.29) is 11.3 Å². The molecule has 2 aromatic carbocycles. The summed E-state index contributed by atoms with van der Waals surface area (Å²) in [6.45, 7) is 0. The van der Waals surface area contributed by atoms with Crippen LogP contribution in [0, 0.1) is 0 Å². The smallest absolute Gasteiger partial charge is 0.252 e. The Morgan fingerprint density at radius 2 is 1.46 bits per heavy atom. The molecule has 122 valence electrons. The molecule has 0 aliphatic rings. The van der Waals surface area contributed by atoms with Gasteiger partial charge < -0.3 is 0 Å². The standard InChI is InChI=1S/C18H12ClF3N2/c19-11-12-5-7-13(8-6-12)16-17(24-10-9-23-16)14-3-1-2-4-15(14)18(20,21)22/h1-10H,11H2. The summed E-state index contributed by atoms with van der Waals surface area (Å²) < 4.78 is 39.9. The van der Waals surface area contributed by atoms with Gasteiger partial charge in [0.25, 0.3) is 0 Å². The SMILES string of the molecule is FC(F)(F)c1ccccc1-c1nccnc1-c1ccc(CCl)cc1. The Hall–Kier alpha value is -2.40. The molecule has 0 aliphatic carbocycles. The van der Waals surface area contributed by atoms with Crippen molar-refractivity contribution < 1.29 is 13.2 Å². The Bertz CT molecular complexity index is 845. The van der Waals surface area contributed by atoms with Crippen LogP contribution in [0.2, 0.25) is 0 Å². The van der Waals surface area contributed by atoms with Gasteiger partial charge in [-0.15, -0.1) is 11.6 Å². The highest BCUT2D eigenvalue weighted by molar-refractivity contribution is 6.17. The molecule has 0 saturated heterocycles. The number of hydrogen-bond donors (Lipinski definition) is 0. The summed E-state index contributed by atoms with van der Waals surface area (Å²) in [6.07, 6.45) is -1.61. The van der Waals surface area contributed by atoms with E-state index >= 15 is 0 Å². The Labute approximate surface area is 142 Å². The van der Waals surface area contributed by atoms with Crippen molar-refractivity contribution in [2.75, 3.05) is 0 Å². The largest absolute Gasteiger partial charge is 0.417 e. The van der Waals surface area contributed by atoms with E-state index in [0.29, 0.717) is 17.1 Å². The lowest BCUT2D eigenvalue weighted by Gasteiger charge is -2.14. The van der Waals surface area contributed by atoms with Gasteiger partial charge in [-0.3, -0.25) is 9.97 Å². The van der Waals surface area contributed by atoms with Crippen LogP contribution in [0.5, 0.6) is 0 Å². The maximum atomic E-state index is 13.3. The number of alkyl halides is 4. The molecule has 24 heavy (non-hydrogen) atoms. The fourth-order valence-corrected chi connectivity index (χ4v) is 2.61. The van der Waals surface area contributed by atoms with Gasteiger partial charge in [-0.25, -0.2) is 0 Å². The molecule has 6 heteroatoms. The summed E-state index contributed by atoms with van der Waals surface area (Å²) in [6, 6.07) is 12.6. The molecule has 0 aliphatic heterocycles. The number of aromatic nitrogens is 2. The first-order valence-electron chi connectivity index (χ1n) is 7.13. The van der Waals surface area contributed by atoms with Crippen LogP contribution in [0.1, 0.15) is 11.1 Å². The number of nitrogens with zero attached hydrogens (tertiary/aromatic N) is 2. The van der Waals surface area contributed by atoms with Crippen LogP contribution >= 0.6 is 11.6 Å². The number of hydrogen-bond acceptors (Lipinski definition) is 2. The summed E-state index contributed by atoms with van der Waals surface area (Å²) in [5.74, 6) is 0.366. The van der Waals surface area contributed by atoms with Gasteiger partial charge in [-0.2, -0.15) is 13.2 Å². The molecule has 0 N–H and O–H groups in total. The van der Waals surface area contributed by atoms with Crippen LogP contribution in [-0.4, -0.2) is 9.97 Å². The van der Waals surface area contributed by atoms with E-state index < -0.39 is 11.7 Å². The summed E-state index contributed by atoms with van der Waals surface area (Å²) in [7, 11) is 0. The third kappa shape index (κ3) is 3.26. The first kappa shape index (κ1) is 16.5. The first-order valence-corrected chi connectivity index (χ1v) is 7.67. The van der Waals surface area contributed by atoms with E-state index in [1.807, 2.05) is 12.1 Å². The van der Waals surface area contributed by atoms with Gasteiger partial charge in [0.05, 0.1) is 17.0 Å². The highest BCUT2D eigenvalue weighted by Crippen LogP contribution is 2.38. The van der Waals surface area contributed by atoms with Gasteiger partial charge in [-0.05, 0) is 11.6 Å². The van der Waals surface area contributed by atoms with Gasteiger partial charge in [0.1, 0.15) is 0 Å². The van der Waals surface area contributed by atoms with Crippen molar-refractivity contribution >= 4 is 11.6 Å². The summed E-state index contributed by atoms with van der Waals surface area (Å²) in [5.41, 5.74) is 1.48. The number of halogens is 4. The number of benzene rings is 2. The first-order chi connectivity index (χ1) is 11.5. The molecule has 0 fully saturated rings. The van der Waals surface area contributed by atoms with Crippen LogP contribution in [0.3, 0.4) is 0 Å². The fourth-order valence-electron chi connectivity index (χ4n) is 2.43. The van der Waals surface area contributed by atoms with Gasteiger partial charge in [0, 0.05) is 29.4 Å². The van der Waals surface area contributed by atoms with Crippen LogP contribution in [-0.2, 0) is 12.1 Å². The lowest BCUT2D eigenvalue weighted by molar-refractivity contribution is -0.137. The molecule has 0 unspecified atom stereocenters. The average molecular weight is 349 g/mol. The van der Waals surface area contributed by atoms with Crippen molar-refractivity contribution in [1.29, 1.82) is 0 Å². The van der Waals surface area contributed by atoms with Crippen molar-refractivity contribution in [2.24, 2.45) is 0 Å². The molecule has 3 aromatic rings. The number of rotatable bonds is 3. The van der Waals surface area contributed by atoms with Gasteiger partial charge in [0.2, 0.25) is 0 Å². The minimum Gasteiger partial charge on any atom is -0.252 e. The third-order valence-corrected chi connectivity index (χ3v) is 3.88. The molecular formula is C18H12ClF3N2. The summed E-state index contributed by atoms with van der Waals surface area (Å²) in [5, 5.41) is 0. The zero-order valence-corrected chi connectivity index (χ0v) is 13.1. The van der Waals surface area contributed by atoms with Gasteiger partial charge in [0.15, 0.2) is 0 Å². The Morgan fingerprint density at radius 1 is 0.833 bits per heavy atom. The maximum absolute atomic E-state index is 13.3. The lowest BCUT2D eigenvalue weighted by atomic mass is 9.99. The molecule has 0 amide bonds. The fraction of sp³-hybridized carbons (Fsp3) is 0.111. The van der Waals surface area contributed by atoms with E-state index in [1.54, 1.807) is 18.2 Å². The predicted octanol–water partition coefficient (Wildman–Crippen LogP) is 5.57. The van der Waals surface area contributed by atoms with Crippen LogP contribution < -0.4 is 0 Å². The van der Waals surface area contributed by atoms with E-state index in [9.17, 15) is 13.2 Å². The van der Waals surface area contributed by atoms with Crippen molar-refractivity contribution in [3.05, 3.63) is 72.1 Å². The molecular weight excluding hydrogens is 337 g/mol. The monoisotopic (exact) mass is 348 g/mol. The van der Waals surface area contributed by atoms with Crippen LogP contribution in [0.4, 0.5) is 13.2 Å². The van der Waals surface area contributed by atoms with Crippen LogP contribution in [0.25, 0.3) is 22.5 Å². The molecule has 0 spiro atoms. The van der Waals surface area contributed by atoms with E-state index in [2.05, 4.69) is 9.97 Å². The zero-order valence-electron chi connectivity index (χ0n) is 12.4. The predicted molar refractivity (Wildman–Crippen MR) is 87.5 cm³/mol. The minimum absolute atomic E-state index is 0.00881. The molecule has 0 saturated carbocycles. The van der Waals surface area contributed by atoms with Crippen molar-refractivity contribution in [3.63, 3.8) is 0 Å². The summed E-state index contributed by atoms with van der Waals surface area (Å²) in [4.78, 5) is 8.39. The van der Waals surface area contributed by atoms with Gasteiger partial charge >= 0.3 is 6.18 Å². The van der Waals surface area contributed by atoms with E-state index in [0.717, 1.165) is 11.6 Å². The Kier molecular flexibility index (Phi) is 4.53. The third-order valence-electron chi connectivity index (χ3n) is 3.57. The topological polar surface area (TPSA) is 25.8 Å². The molecule has 0 radical (unpaired) electrons. The molecule has 3 rings (SSSR count). The Balaban J connectivity index is 2.17. The van der Waals surface area contributed by atoms with Gasteiger partial charge in [-0.1, -0.05) is 42.5 Å². The zero-order chi connectivity index (χ0) is 17.2. The van der Waals surface area contributed by atoms with E-state index in [1.165, 1.54) is 24.5 Å². The molecule has 1 aromatic heterocycles. The second-order valence-corrected chi connectivity index (χ2v) is 5.39. The van der Waals surface area contributed by atoms with E-state index in [4.69, 9.17) is 11.6 Å². The Morgan fingerprint density at radius 3 is 2.08 bits per heavy atom. The second-order valence-electron chi connectivity index (χ2n) is 5.13. The second kappa shape index (κ2) is 6.61. The molecule has 0 bridgehead atoms. The lowest BCUT2D eigenvalue weighted by Crippen LogP contribution is -2.08. The molecule has 1 heterocycles. The average Bonchev–Trinajstić information content (AvgIpc) is 2.61. The molecule has 0 atom stereocenters. The van der Waals surface area contributed by atoms with Crippen molar-refractivity contribution in [1.82, 2.24) is 9.97 Å². The van der Waals surface area contributed by atoms with Crippen LogP contribution in [0.15, 0.2) is 60.9 Å². The molecule has 2 nitrogen and oxygen atoms in total.